The van der Waals surface area contributed by atoms with Crippen molar-refractivity contribution in [1.82, 2.24) is 9.80 Å². The quantitative estimate of drug-likeness (QED) is 0.104. The monoisotopic (exact) mass is 885 g/mol. The first kappa shape index (κ1) is 52.2. The van der Waals surface area contributed by atoms with Crippen molar-refractivity contribution in [1.29, 1.82) is 0 Å². The molecule has 4 aliphatic rings. The van der Waals surface area contributed by atoms with Gasteiger partial charge in [-0.05, 0) is 108 Å². The van der Waals surface area contributed by atoms with Crippen molar-refractivity contribution in [2.24, 2.45) is 17.8 Å². The Kier molecular flexibility index (Phi) is 18.3. The van der Waals surface area contributed by atoms with Crippen molar-refractivity contribution >= 4 is 18.1 Å². The van der Waals surface area contributed by atoms with E-state index >= 15 is 0 Å². The molecule has 1 N–H and O–H groups in total. The van der Waals surface area contributed by atoms with Crippen LogP contribution in [0.5, 0.6) is 0 Å². The number of cyclic esters (lactones) is 1. The molecular weight excluding hydrogens is 805 g/mol. The first-order chi connectivity index (χ1) is 28.9. The third-order valence-corrected chi connectivity index (χ3v) is 13.8. The standard InChI is InChI=1S/C46H80N2O14/c1-17-19-20-21-54-40-31(8)56-35(24-45(40,11)53-16)59-36-28(5)38(60-42-37(57-32(9)49)33(47(13)14)22-27(4)55-42)44(10,52)23-26(3)25-48(15)30(7)39-46(12,62-43(51)61-39)34(18-2)58-41(50)29(36)6/h17,26-31,33-40,42,52H,1,18-25H2,2-16H3/t26-,27-,28+,29-,30-,31+,33+,34-,35+,36+,37-,38-,39-,40+,42+,44-,45-,46-/m1/s1. The summed E-state index contributed by atoms with van der Waals surface area (Å²) in [5, 5.41) is 12.9. The Labute approximate surface area is 370 Å². The van der Waals surface area contributed by atoms with E-state index in [1.807, 2.05) is 80.6 Å². The minimum Gasteiger partial charge on any atom is -0.458 e. The second-order valence-electron chi connectivity index (χ2n) is 19.4. The van der Waals surface area contributed by atoms with Crippen LogP contribution < -0.4 is 0 Å². The van der Waals surface area contributed by atoms with Crippen LogP contribution in [0.3, 0.4) is 0 Å². The summed E-state index contributed by atoms with van der Waals surface area (Å²) in [5.74, 6) is -3.00. The Balaban J connectivity index is 1.84. The number of methoxy groups -OCH3 is 1. The van der Waals surface area contributed by atoms with E-state index in [-0.39, 0.29) is 36.9 Å². The van der Waals surface area contributed by atoms with E-state index in [0.29, 0.717) is 26.0 Å². The van der Waals surface area contributed by atoms with Crippen LogP contribution >= 0.6 is 0 Å². The Morgan fingerprint density at radius 3 is 2.27 bits per heavy atom. The van der Waals surface area contributed by atoms with Crippen molar-refractivity contribution in [2.45, 2.75) is 205 Å². The van der Waals surface area contributed by atoms with Gasteiger partial charge < -0.3 is 57.4 Å². The van der Waals surface area contributed by atoms with Gasteiger partial charge in [0, 0.05) is 45.6 Å². The van der Waals surface area contributed by atoms with Gasteiger partial charge in [-0.15, -0.1) is 6.58 Å². The summed E-state index contributed by atoms with van der Waals surface area (Å²) >= 11 is 0. The van der Waals surface area contributed by atoms with Crippen LogP contribution in [0.4, 0.5) is 4.79 Å². The topological polar surface area (TPSA) is 170 Å². The molecule has 0 aliphatic carbocycles. The molecule has 0 amide bonds. The summed E-state index contributed by atoms with van der Waals surface area (Å²) < 4.78 is 63.5. The van der Waals surface area contributed by atoms with Crippen LogP contribution in [0, 0.1) is 17.8 Å². The van der Waals surface area contributed by atoms with Crippen LogP contribution in [0.1, 0.15) is 115 Å². The summed E-state index contributed by atoms with van der Waals surface area (Å²) in [7, 11) is 7.38. The number of aliphatic hydroxyl groups is 1. The number of hydrogen-bond donors (Lipinski definition) is 1. The fourth-order valence-electron chi connectivity index (χ4n) is 10.4. The van der Waals surface area contributed by atoms with Crippen molar-refractivity contribution in [3.63, 3.8) is 0 Å². The van der Waals surface area contributed by atoms with Gasteiger partial charge in [0.2, 0.25) is 0 Å². The Bertz CT molecular complexity index is 1500. The number of likely N-dealkylation sites (N-methyl/N-ethyl adjacent to an activating group) is 2. The van der Waals surface area contributed by atoms with Gasteiger partial charge in [0.15, 0.2) is 30.4 Å². The van der Waals surface area contributed by atoms with Crippen LogP contribution in [0.15, 0.2) is 12.7 Å². The summed E-state index contributed by atoms with van der Waals surface area (Å²) in [5.41, 5.74) is -3.73. The Hall–Kier alpha value is -2.41. The zero-order valence-corrected chi connectivity index (χ0v) is 40.3. The summed E-state index contributed by atoms with van der Waals surface area (Å²) in [4.78, 5) is 44.2. The number of rotatable bonds is 13. The van der Waals surface area contributed by atoms with E-state index in [0.717, 1.165) is 12.8 Å². The first-order valence-corrected chi connectivity index (χ1v) is 22.7. The number of unbranched alkanes of at least 4 members (excludes halogenated alkanes) is 1. The predicted octanol–water partition coefficient (Wildman–Crippen LogP) is 5.64. The highest BCUT2D eigenvalue weighted by Gasteiger charge is 2.58. The lowest BCUT2D eigenvalue weighted by Crippen LogP contribution is -2.61. The highest BCUT2D eigenvalue weighted by molar-refractivity contribution is 5.73. The lowest BCUT2D eigenvalue weighted by molar-refractivity contribution is -0.321. The molecule has 0 aromatic carbocycles. The van der Waals surface area contributed by atoms with Gasteiger partial charge in [-0.3, -0.25) is 14.5 Å². The number of nitrogens with zero attached hydrogens (tertiary/aromatic N) is 2. The molecule has 0 radical (unpaired) electrons. The molecular formula is C46H80N2O14. The van der Waals surface area contributed by atoms with E-state index in [2.05, 4.69) is 11.5 Å². The van der Waals surface area contributed by atoms with E-state index in [1.165, 1.54) is 6.92 Å². The lowest BCUT2D eigenvalue weighted by Gasteiger charge is -2.49. The highest BCUT2D eigenvalue weighted by atomic mass is 16.8. The van der Waals surface area contributed by atoms with E-state index in [1.54, 1.807) is 27.9 Å². The average Bonchev–Trinajstić information content (AvgIpc) is 3.50. The predicted molar refractivity (Wildman–Crippen MR) is 230 cm³/mol. The maximum Gasteiger partial charge on any atom is 0.509 e. The number of allylic oxidation sites excluding steroid dienone is 1. The van der Waals surface area contributed by atoms with Gasteiger partial charge in [0.05, 0.1) is 47.6 Å². The van der Waals surface area contributed by atoms with Crippen LogP contribution in [-0.4, -0.2) is 165 Å². The smallest absolute Gasteiger partial charge is 0.458 e. The molecule has 0 unspecified atom stereocenters. The number of fused-ring (bicyclic) bond motifs is 1. The van der Waals surface area contributed by atoms with Crippen molar-refractivity contribution in [2.75, 3.05) is 41.4 Å². The number of carbonyl (C=O) groups excluding carboxylic acids is 3. The fraction of sp³-hybridized carbons (Fsp3) is 0.891. The summed E-state index contributed by atoms with van der Waals surface area (Å²) in [6, 6.07) is -0.625. The normalized spacial score (nSPS) is 44.0. The molecule has 62 heavy (non-hydrogen) atoms. The van der Waals surface area contributed by atoms with Crippen molar-refractivity contribution < 1.29 is 66.9 Å². The third kappa shape index (κ3) is 12.1. The summed E-state index contributed by atoms with van der Waals surface area (Å²) in [6.07, 6.45) is -3.73. The van der Waals surface area contributed by atoms with Gasteiger partial charge in [-0.1, -0.05) is 26.8 Å². The van der Waals surface area contributed by atoms with E-state index in [4.69, 9.17) is 47.4 Å². The molecule has 4 saturated heterocycles. The number of carbonyl (C=O) groups is 3. The van der Waals surface area contributed by atoms with E-state index < -0.39 is 102 Å². The Morgan fingerprint density at radius 2 is 1.68 bits per heavy atom. The largest absolute Gasteiger partial charge is 0.509 e. The van der Waals surface area contributed by atoms with Gasteiger partial charge in [-0.2, -0.15) is 0 Å². The molecule has 4 fully saturated rings. The molecule has 16 heteroatoms. The maximum atomic E-state index is 14.7. The minimum absolute atomic E-state index is 0.139. The van der Waals surface area contributed by atoms with Crippen LogP contribution in [0.2, 0.25) is 0 Å². The number of ether oxygens (including phenoxy) is 10. The molecule has 0 bridgehead atoms. The molecule has 0 aromatic rings. The number of hydrogen-bond acceptors (Lipinski definition) is 16. The molecule has 4 aliphatic heterocycles. The molecule has 16 nitrogen and oxygen atoms in total. The van der Waals surface area contributed by atoms with Gasteiger partial charge >= 0.3 is 18.1 Å². The molecule has 18 atom stereocenters. The highest BCUT2D eigenvalue weighted by Crippen LogP contribution is 2.42. The lowest BCUT2D eigenvalue weighted by atomic mass is 9.77. The SMILES string of the molecule is C=CCCCO[C@H]1[C@H](C)O[C@@H](O[C@H]2[C@H](C)[C@@H](O[C@@H]3O[C@H](C)C[C@H](N(C)C)[C@H]3OC(C)=O)[C@](C)(O)C[C@@H](C)CN(C)[C@H](C)[C@H]3OC(=O)O[C@]3(C)[C@@H](CC)OC(=O)[C@@H]2C)C[C@@]1(C)OC. The second kappa shape index (κ2) is 21.7. The second-order valence-corrected chi connectivity index (χ2v) is 19.4. The van der Waals surface area contributed by atoms with Gasteiger partial charge in [-0.25, -0.2) is 4.79 Å². The van der Waals surface area contributed by atoms with Crippen molar-refractivity contribution in [3.05, 3.63) is 12.7 Å². The van der Waals surface area contributed by atoms with Crippen LogP contribution in [0.25, 0.3) is 0 Å². The van der Waals surface area contributed by atoms with Crippen molar-refractivity contribution in [3.8, 4) is 0 Å². The molecule has 0 aromatic heterocycles. The first-order valence-electron chi connectivity index (χ1n) is 22.7. The van der Waals surface area contributed by atoms with Gasteiger partial charge in [0.25, 0.3) is 0 Å². The average molecular weight is 885 g/mol. The summed E-state index contributed by atoms with van der Waals surface area (Å²) in [6.45, 7) is 24.8. The molecule has 4 rings (SSSR count). The Morgan fingerprint density at radius 1 is 1.00 bits per heavy atom. The van der Waals surface area contributed by atoms with E-state index in [9.17, 15) is 19.5 Å². The molecule has 0 spiro atoms. The molecule has 358 valence electrons. The zero-order valence-electron chi connectivity index (χ0n) is 40.3. The molecule has 4 heterocycles. The third-order valence-electron chi connectivity index (χ3n) is 13.8. The zero-order chi connectivity index (χ0) is 46.5. The van der Waals surface area contributed by atoms with Gasteiger partial charge in [0.1, 0.15) is 12.2 Å². The maximum absolute atomic E-state index is 14.7. The number of esters is 2. The minimum atomic E-state index is -1.58. The van der Waals surface area contributed by atoms with Crippen LogP contribution in [-0.2, 0) is 57.0 Å². The molecule has 0 saturated carbocycles. The fourth-order valence-corrected chi connectivity index (χ4v) is 10.4.